The second-order valence-electron chi connectivity index (χ2n) is 7.27. The molecule has 4 aromatic rings. The number of benzene rings is 3. The lowest BCUT2D eigenvalue weighted by Gasteiger charge is -2.13. The third-order valence-electron chi connectivity index (χ3n) is 5.60. The summed E-state index contributed by atoms with van der Waals surface area (Å²) in [4.78, 5) is 0. The summed E-state index contributed by atoms with van der Waals surface area (Å²) in [5, 5.41) is 11.7. The van der Waals surface area contributed by atoms with Gasteiger partial charge in [-0.25, -0.2) is 0 Å². The van der Waals surface area contributed by atoms with E-state index in [1.807, 2.05) is 24.3 Å². The summed E-state index contributed by atoms with van der Waals surface area (Å²) in [6, 6.07) is 12.4. The van der Waals surface area contributed by atoms with Gasteiger partial charge < -0.3 is 37.9 Å². The molecule has 0 radical (unpaired) electrons. The van der Waals surface area contributed by atoms with Gasteiger partial charge in [0.1, 0.15) is 28.4 Å². The van der Waals surface area contributed by atoms with Gasteiger partial charge >= 0.3 is 0 Å². The van der Waals surface area contributed by atoms with Gasteiger partial charge in [-0.1, -0.05) is 6.07 Å². The van der Waals surface area contributed by atoms with E-state index >= 15 is 0 Å². The monoisotopic (exact) mass is 434 g/mol. The van der Waals surface area contributed by atoms with Crippen molar-refractivity contribution >= 4 is 11.0 Å². The van der Waals surface area contributed by atoms with Gasteiger partial charge in [-0.15, -0.1) is 0 Å². The van der Waals surface area contributed by atoms with Crippen molar-refractivity contribution in [3.05, 3.63) is 42.5 Å². The molecule has 0 bridgehead atoms. The Bertz CT molecular complexity index is 1350. The molecule has 1 N–H and O–H groups in total. The fourth-order valence-electron chi connectivity index (χ4n) is 4.14. The number of hydrogen-bond donors (Lipinski definition) is 1. The lowest BCUT2D eigenvalue weighted by Crippen LogP contribution is -1.94. The molecule has 162 valence electrons. The first-order valence-electron chi connectivity index (χ1n) is 9.88. The molecule has 0 unspecified atom stereocenters. The number of methoxy groups -OCH3 is 2. The summed E-state index contributed by atoms with van der Waals surface area (Å²) in [7, 11) is 3.16. The number of furan rings is 1. The molecule has 1 aromatic heterocycles. The third-order valence-corrected chi connectivity index (χ3v) is 5.60. The maximum absolute atomic E-state index is 10.9. The van der Waals surface area contributed by atoms with Crippen molar-refractivity contribution in [3.8, 4) is 62.7 Å². The van der Waals surface area contributed by atoms with Gasteiger partial charge in [-0.05, 0) is 24.3 Å². The third kappa shape index (κ3) is 2.62. The fourth-order valence-corrected chi connectivity index (χ4v) is 4.14. The van der Waals surface area contributed by atoms with Crippen LogP contribution in [0.5, 0.6) is 40.2 Å². The summed E-state index contributed by atoms with van der Waals surface area (Å²) in [6.45, 7) is 0.232. The van der Waals surface area contributed by atoms with Crippen LogP contribution in [-0.2, 0) is 0 Å². The molecule has 3 heterocycles. The Balaban J connectivity index is 1.71. The number of aromatic hydroxyl groups is 1. The largest absolute Gasteiger partial charge is 0.507 e. The van der Waals surface area contributed by atoms with Gasteiger partial charge in [0.2, 0.25) is 13.6 Å². The highest BCUT2D eigenvalue weighted by Crippen LogP contribution is 2.53. The summed E-state index contributed by atoms with van der Waals surface area (Å²) >= 11 is 0. The molecule has 2 aliphatic heterocycles. The second kappa shape index (κ2) is 6.91. The van der Waals surface area contributed by atoms with E-state index in [2.05, 4.69) is 0 Å². The molecular weight excluding hydrogens is 416 g/mol. The molecule has 0 atom stereocenters. The van der Waals surface area contributed by atoms with E-state index in [0.717, 1.165) is 5.39 Å². The minimum absolute atomic E-state index is 0.0183. The van der Waals surface area contributed by atoms with Crippen molar-refractivity contribution in [2.45, 2.75) is 0 Å². The average molecular weight is 434 g/mol. The van der Waals surface area contributed by atoms with Gasteiger partial charge in [0, 0.05) is 28.6 Å². The molecular formula is C24H18O8. The van der Waals surface area contributed by atoms with E-state index < -0.39 is 0 Å². The summed E-state index contributed by atoms with van der Waals surface area (Å²) < 4.78 is 39.6. The minimum atomic E-state index is 0.0183. The normalized spacial score (nSPS) is 13.6. The Morgan fingerprint density at radius 3 is 2.00 bits per heavy atom. The number of phenolic OH excluding ortho intramolecular Hbond substituents is 1. The molecule has 3 aromatic carbocycles. The van der Waals surface area contributed by atoms with Crippen LogP contribution in [-0.4, -0.2) is 32.9 Å². The molecule has 32 heavy (non-hydrogen) atoms. The summed E-state index contributed by atoms with van der Waals surface area (Å²) in [6.07, 6.45) is 0. The molecule has 8 nitrogen and oxygen atoms in total. The molecule has 2 aliphatic rings. The standard InChI is InChI=1S/C24H18O8/c1-26-15-4-3-5-16(27-2)23(15)24-22(12-6-18-20(8-14(12)25)30-10-28-18)13-7-19-21(31-11-29-19)9-17(13)32-24/h3-9,25H,10-11H2,1-2H3. The van der Waals surface area contributed by atoms with E-state index in [1.54, 1.807) is 26.4 Å². The second-order valence-corrected chi connectivity index (χ2v) is 7.27. The van der Waals surface area contributed by atoms with Crippen LogP contribution in [0.1, 0.15) is 0 Å². The molecule has 0 saturated carbocycles. The minimum Gasteiger partial charge on any atom is -0.507 e. The van der Waals surface area contributed by atoms with E-state index in [4.69, 9.17) is 32.8 Å². The van der Waals surface area contributed by atoms with E-state index in [9.17, 15) is 5.11 Å². The molecule has 0 saturated heterocycles. The van der Waals surface area contributed by atoms with Crippen molar-refractivity contribution in [1.29, 1.82) is 0 Å². The highest BCUT2D eigenvalue weighted by molar-refractivity contribution is 6.06. The van der Waals surface area contributed by atoms with Crippen LogP contribution in [0.3, 0.4) is 0 Å². The number of phenols is 1. The Kier molecular flexibility index (Phi) is 4.01. The zero-order chi connectivity index (χ0) is 21.8. The van der Waals surface area contributed by atoms with E-state index in [-0.39, 0.29) is 19.3 Å². The van der Waals surface area contributed by atoms with Crippen LogP contribution in [0.15, 0.2) is 46.9 Å². The van der Waals surface area contributed by atoms with Crippen LogP contribution < -0.4 is 28.4 Å². The lowest BCUT2D eigenvalue weighted by molar-refractivity contribution is 0.173. The molecule has 0 spiro atoms. The van der Waals surface area contributed by atoms with Crippen LogP contribution >= 0.6 is 0 Å². The predicted molar refractivity (Wildman–Crippen MR) is 114 cm³/mol. The maximum Gasteiger partial charge on any atom is 0.231 e. The molecule has 0 amide bonds. The highest BCUT2D eigenvalue weighted by atomic mass is 16.7. The molecule has 0 aliphatic carbocycles. The van der Waals surface area contributed by atoms with Gasteiger partial charge in [-0.2, -0.15) is 0 Å². The number of hydrogen-bond acceptors (Lipinski definition) is 8. The first-order valence-corrected chi connectivity index (χ1v) is 9.88. The van der Waals surface area contributed by atoms with Crippen molar-refractivity contribution in [3.63, 3.8) is 0 Å². The van der Waals surface area contributed by atoms with Gasteiger partial charge in [0.15, 0.2) is 28.8 Å². The topological polar surface area (TPSA) is 88.8 Å². The Morgan fingerprint density at radius 1 is 0.750 bits per heavy atom. The van der Waals surface area contributed by atoms with Crippen LogP contribution in [0.4, 0.5) is 0 Å². The Hall–Kier alpha value is -4.20. The number of rotatable bonds is 4. The zero-order valence-corrected chi connectivity index (χ0v) is 17.3. The van der Waals surface area contributed by atoms with Crippen molar-refractivity contribution in [1.82, 2.24) is 0 Å². The number of ether oxygens (including phenoxy) is 6. The smallest absolute Gasteiger partial charge is 0.231 e. The SMILES string of the molecule is COc1cccc(OC)c1-c1oc2cc3c(cc2c1-c1cc2c(cc1O)OCO2)OCO3. The quantitative estimate of drug-likeness (QED) is 0.483. The van der Waals surface area contributed by atoms with Crippen LogP contribution in [0.2, 0.25) is 0 Å². The maximum atomic E-state index is 10.9. The Labute approximate surface area is 182 Å². The summed E-state index contributed by atoms with van der Waals surface area (Å²) in [5.41, 5.74) is 2.32. The fraction of sp³-hybridized carbons (Fsp3) is 0.167. The average Bonchev–Trinajstić information content (AvgIpc) is 3.53. The first-order chi connectivity index (χ1) is 15.7. The van der Waals surface area contributed by atoms with E-state index in [0.29, 0.717) is 62.5 Å². The first kappa shape index (κ1) is 18.6. The van der Waals surface area contributed by atoms with Crippen LogP contribution in [0.25, 0.3) is 33.4 Å². The zero-order valence-electron chi connectivity index (χ0n) is 17.3. The highest BCUT2D eigenvalue weighted by Gasteiger charge is 2.29. The summed E-state index contributed by atoms with van der Waals surface area (Å²) in [5.74, 6) is 3.80. The molecule has 6 rings (SSSR count). The van der Waals surface area contributed by atoms with Crippen molar-refractivity contribution in [2.24, 2.45) is 0 Å². The van der Waals surface area contributed by atoms with Gasteiger partial charge in [0.05, 0.1) is 14.2 Å². The molecule has 0 fully saturated rings. The van der Waals surface area contributed by atoms with Gasteiger partial charge in [-0.3, -0.25) is 0 Å². The van der Waals surface area contributed by atoms with E-state index in [1.165, 1.54) is 6.07 Å². The van der Waals surface area contributed by atoms with Gasteiger partial charge in [0.25, 0.3) is 0 Å². The van der Waals surface area contributed by atoms with Crippen molar-refractivity contribution in [2.75, 3.05) is 27.8 Å². The van der Waals surface area contributed by atoms with Crippen molar-refractivity contribution < 1.29 is 37.9 Å². The molecule has 8 heteroatoms. The predicted octanol–water partition coefficient (Wildman–Crippen LogP) is 4.95. The van der Waals surface area contributed by atoms with Crippen LogP contribution in [0, 0.1) is 0 Å². The number of fused-ring (bicyclic) bond motifs is 3. The Morgan fingerprint density at radius 2 is 1.34 bits per heavy atom. The lowest BCUT2D eigenvalue weighted by atomic mass is 9.96.